The van der Waals surface area contributed by atoms with E-state index in [9.17, 15) is 9.90 Å². The minimum atomic E-state index is -0.902. The molecule has 1 amide bonds. The number of carbonyl (C=O) groups is 1. The van der Waals surface area contributed by atoms with Crippen molar-refractivity contribution in [3.05, 3.63) is 17.8 Å². The molecule has 2 aliphatic heterocycles. The van der Waals surface area contributed by atoms with Crippen molar-refractivity contribution in [3.63, 3.8) is 0 Å². The molecule has 3 rings (SSSR count). The molecule has 0 atom stereocenters. The largest absolute Gasteiger partial charge is 0.465 e. The Morgan fingerprint density at radius 3 is 2.67 bits per heavy atom. The van der Waals surface area contributed by atoms with Gasteiger partial charge in [-0.25, -0.2) is 9.78 Å². The van der Waals surface area contributed by atoms with E-state index in [0.29, 0.717) is 6.54 Å². The van der Waals surface area contributed by atoms with Crippen LogP contribution in [0, 0.1) is 0 Å². The molecular formula is C13H17N3O2. The quantitative estimate of drug-likeness (QED) is 0.825. The van der Waals surface area contributed by atoms with Gasteiger partial charge in [0.1, 0.15) is 5.82 Å². The van der Waals surface area contributed by atoms with Crippen LogP contribution in [0.2, 0.25) is 0 Å². The van der Waals surface area contributed by atoms with Crippen molar-refractivity contribution >= 4 is 17.6 Å². The first-order valence-electron chi connectivity index (χ1n) is 6.26. The highest BCUT2D eigenvalue weighted by molar-refractivity contribution is 5.89. The van der Waals surface area contributed by atoms with Crippen LogP contribution in [0.5, 0.6) is 0 Å². The molecule has 2 aliphatic rings. The number of pyridine rings is 1. The Kier molecular flexibility index (Phi) is 2.27. The van der Waals surface area contributed by atoms with Crippen LogP contribution < -0.4 is 9.80 Å². The molecule has 0 saturated carbocycles. The first-order chi connectivity index (χ1) is 8.49. The van der Waals surface area contributed by atoms with Gasteiger partial charge >= 0.3 is 6.09 Å². The van der Waals surface area contributed by atoms with E-state index < -0.39 is 6.09 Å². The zero-order chi connectivity index (χ0) is 12.9. The first-order valence-corrected chi connectivity index (χ1v) is 6.26. The van der Waals surface area contributed by atoms with E-state index in [1.807, 2.05) is 26.0 Å². The third kappa shape index (κ3) is 1.54. The molecule has 0 aromatic carbocycles. The van der Waals surface area contributed by atoms with Gasteiger partial charge in [-0.3, -0.25) is 4.90 Å². The van der Waals surface area contributed by atoms with Gasteiger partial charge in [0, 0.05) is 25.0 Å². The van der Waals surface area contributed by atoms with Crippen molar-refractivity contribution in [1.29, 1.82) is 0 Å². The lowest BCUT2D eigenvalue weighted by Crippen LogP contribution is -2.37. The Hall–Kier alpha value is -1.78. The molecule has 5 heteroatoms. The summed E-state index contributed by atoms with van der Waals surface area (Å²) in [6.07, 6.45) is 0.309. The smallest absolute Gasteiger partial charge is 0.411 e. The minimum Gasteiger partial charge on any atom is -0.465 e. The first kappa shape index (κ1) is 11.3. The molecule has 18 heavy (non-hydrogen) atoms. The molecule has 1 aromatic rings. The SMILES string of the molecule is CC1(C)CN(C(=O)O)c2ccc(N3CCC3)nc21. The van der Waals surface area contributed by atoms with Crippen LogP contribution in [-0.4, -0.2) is 35.8 Å². The molecule has 1 aromatic heterocycles. The van der Waals surface area contributed by atoms with Gasteiger partial charge in [0.05, 0.1) is 11.4 Å². The highest BCUT2D eigenvalue weighted by atomic mass is 16.4. The van der Waals surface area contributed by atoms with Gasteiger partial charge in [0.2, 0.25) is 0 Å². The molecule has 0 radical (unpaired) electrons. The molecule has 1 N–H and O–H groups in total. The number of hydrogen-bond acceptors (Lipinski definition) is 3. The fourth-order valence-corrected chi connectivity index (χ4v) is 2.60. The van der Waals surface area contributed by atoms with Crippen molar-refractivity contribution in [1.82, 2.24) is 4.98 Å². The minimum absolute atomic E-state index is 0.214. The Morgan fingerprint density at radius 1 is 1.39 bits per heavy atom. The van der Waals surface area contributed by atoms with Crippen LogP contribution in [0.3, 0.4) is 0 Å². The molecule has 5 nitrogen and oxygen atoms in total. The normalized spacial score (nSPS) is 20.6. The maximum absolute atomic E-state index is 11.2. The van der Waals surface area contributed by atoms with E-state index in [1.165, 1.54) is 11.3 Å². The Morgan fingerprint density at radius 2 is 2.11 bits per heavy atom. The van der Waals surface area contributed by atoms with Gasteiger partial charge < -0.3 is 10.0 Å². The summed E-state index contributed by atoms with van der Waals surface area (Å²) in [5.41, 5.74) is 1.42. The number of carboxylic acid groups (broad SMARTS) is 1. The third-order valence-electron chi connectivity index (χ3n) is 3.76. The van der Waals surface area contributed by atoms with Gasteiger partial charge in [-0.1, -0.05) is 13.8 Å². The molecule has 1 saturated heterocycles. The monoisotopic (exact) mass is 247 g/mol. The number of aromatic nitrogens is 1. The van der Waals surface area contributed by atoms with E-state index in [0.717, 1.165) is 30.3 Å². The summed E-state index contributed by atoms with van der Waals surface area (Å²) in [6.45, 7) is 6.67. The summed E-state index contributed by atoms with van der Waals surface area (Å²) in [4.78, 5) is 19.5. The molecule has 0 aliphatic carbocycles. The average Bonchev–Trinajstić information content (AvgIpc) is 2.49. The van der Waals surface area contributed by atoms with E-state index >= 15 is 0 Å². The van der Waals surface area contributed by atoms with Crippen molar-refractivity contribution in [2.24, 2.45) is 0 Å². The predicted octanol–water partition coefficient (Wildman–Crippen LogP) is 2.07. The number of amides is 1. The molecule has 0 bridgehead atoms. The zero-order valence-electron chi connectivity index (χ0n) is 10.7. The van der Waals surface area contributed by atoms with Crippen LogP contribution in [-0.2, 0) is 5.41 Å². The summed E-state index contributed by atoms with van der Waals surface area (Å²) in [5, 5.41) is 9.22. The van der Waals surface area contributed by atoms with Crippen LogP contribution >= 0.6 is 0 Å². The van der Waals surface area contributed by atoms with Crippen LogP contribution in [0.15, 0.2) is 12.1 Å². The predicted molar refractivity (Wildman–Crippen MR) is 69.5 cm³/mol. The highest BCUT2D eigenvalue weighted by Gasteiger charge is 2.40. The Bertz CT molecular complexity index is 509. The summed E-state index contributed by atoms with van der Waals surface area (Å²) >= 11 is 0. The lowest BCUT2D eigenvalue weighted by Gasteiger charge is -2.32. The average molecular weight is 247 g/mol. The van der Waals surface area contributed by atoms with Crippen LogP contribution in [0.25, 0.3) is 0 Å². The number of anilines is 2. The second kappa shape index (κ2) is 3.60. The topological polar surface area (TPSA) is 56.7 Å². The number of rotatable bonds is 1. The lowest BCUT2D eigenvalue weighted by molar-refractivity contribution is 0.201. The molecular weight excluding hydrogens is 230 g/mol. The molecule has 96 valence electrons. The van der Waals surface area contributed by atoms with Gasteiger partial charge in [0.25, 0.3) is 0 Å². The molecule has 0 spiro atoms. The standard InChI is InChI=1S/C13H17N3O2/c1-13(2)8-16(12(17)18)9-4-5-10(14-11(9)13)15-6-3-7-15/h4-5H,3,6-8H2,1-2H3,(H,17,18). The van der Waals surface area contributed by atoms with E-state index in [4.69, 9.17) is 0 Å². The van der Waals surface area contributed by atoms with Crippen molar-refractivity contribution < 1.29 is 9.90 Å². The fraction of sp³-hybridized carbons (Fsp3) is 0.538. The van der Waals surface area contributed by atoms with Gasteiger partial charge in [-0.2, -0.15) is 0 Å². The Balaban J connectivity index is 2.04. The third-order valence-corrected chi connectivity index (χ3v) is 3.76. The summed E-state index contributed by atoms with van der Waals surface area (Å²) in [5.74, 6) is 0.973. The number of nitrogens with zero attached hydrogens (tertiary/aromatic N) is 3. The maximum Gasteiger partial charge on any atom is 0.411 e. The second-order valence-corrected chi connectivity index (χ2v) is 5.63. The van der Waals surface area contributed by atoms with Gasteiger partial charge in [-0.15, -0.1) is 0 Å². The van der Waals surface area contributed by atoms with Crippen molar-refractivity contribution in [2.75, 3.05) is 29.4 Å². The van der Waals surface area contributed by atoms with E-state index in [2.05, 4.69) is 9.88 Å². The summed E-state index contributed by atoms with van der Waals surface area (Å²) in [7, 11) is 0. The summed E-state index contributed by atoms with van der Waals surface area (Å²) < 4.78 is 0. The fourth-order valence-electron chi connectivity index (χ4n) is 2.60. The van der Waals surface area contributed by atoms with Crippen LogP contribution in [0.4, 0.5) is 16.3 Å². The van der Waals surface area contributed by atoms with E-state index in [-0.39, 0.29) is 5.41 Å². The van der Waals surface area contributed by atoms with Crippen molar-refractivity contribution in [2.45, 2.75) is 25.7 Å². The second-order valence-electron chi connectivity index (χ2n) is 5.63. The van der Waals surface area contributed by atoms with Gasteiger partial charge in [-0.05, 0) is 18.6 Å². The maximum atomic E-state index is 11.2. The highest BCUT2D eigenvalue weighted by Crippen LogP contribution is 2.40. The van der Waals surface area contributed by atoms with Gasteiger partial charge in [0.15, 0.2) is 0 Å². The number of fused-ring (bicyclic) bond motifs is 1. The van der Waals surface area contributed by atoms with E-state index in [1.54, 1.807) is 0 Å². The Labute approximate surface area is 106 Å². The number of hydrogen-bond donors (Lipinski definition) is 1. The lowest BCUT2D eigenvalue weighted by atomic mass is 9.91. The zero-order valence-corrected chi connectivity index (χ0v) is 10.7. The van der Waals surface area contributed by atoms with Crippen molar-refractivity contribution in [3.8, 4) is 0 Å². The molecule has 1 fully saturated rings. The van der Waals surface area contributed by atoms with Crippen LogP contribution in [0.1, 0.15) is 26.0 Å². The molecule has 0 unspecified atom stereocenters. The summed E-state index contributed by atoms with van der Waals surface area (Å²) in [6, 6.07) is 3.81. The molecule has 3 heterocycles.